The van der Waals surface area contributed by atoms with Crippen molar-refractivity contribution < 1.29 is 21.6 Å². The van der Waals surface area contributed by atoms with Gasteiger partial charge in [0.05, 0.1) is 10.4 Å². The fraction of sp³-hybridized carbons (Fsp3) is 0.188. The van der Waals surface area contributed by atoms with Gasteiger partial charge in [-0.05, 0) is 44.2 Å². The number of hydrogen-bond donors (Lipinski definition) is 1. The molecule has 0 fully saturated rings. The number of aryl methyl sites for hydroxylation is 2. The molecule has 0 amide bonds. The third kappa shape index (κ3) is 3.92. The quantitative estimate of drug-likeness (QED) is 0.625. The molecule has 0 aliphatic carbocycles. The molecule has 0 saturated carbocycles. The molecule has 2 heterocycles. The zero-order valence-electron chi connectivity index (χ0n) is 13.6. The number of rotatable bonds is 4. The van der Waals surface area contributed by atoms with Crippen molar-refractivity contribution in [3.8, 4) is 9.88 Å². The number of halogens is 3. The Morgan fingerprint density at radius 1 is 1.12 bits per heavy atom. The van der Waals surface area contributed by atoms with E-state index in [1.165, 1.54) is 28.7 Å². The number of nitrogens with zero attached hydrogens (tertiary/aromatic N) is 1. The summed E-state index contributed by atoms with van der Waals surface area (Å²) in [5, 5.41) is 2.60. The van der Waals surface area contributed by atoms with Crippen LogP contribution in [-0.4, -0.2) is 13.4 Å². The van der Waals surface area contributed by atoms with Gasteiger partial charge in [-0.1, -0.05) is 0 Å². The van der Waals surface area contributed by atoms with Crippen LogP contribution in [0, 0.1) is 13.8 Å². The number of hydrogen-bond acceptors (Lipinski definition) is 5. The number of thiophene rings is 1. The minimum absolute atomic E-state index is 0.0650. The Balaban J connectivity index is 1.88. The van der Waals surface area contributed by atoms with Crippen LogP contribution in [0.1, 0.15) is 16.1 Å². The van der Waals surface area contributed by atoms with Crippen LogP contribution in [-0.2, 0) is 16.2 Å². The molecular weight excluding hydrogens is 405 g/mol. The van der Waals surface area contributed by atoms with Crippen molar-refractivity contribution >= 4 is 38.4 Å². The predicted molar refractivity (Wildman–Crippen MR) is 97.2 cm³/mol. The summed E-state index contributed by atoms with van der Waals surface area (Å²) in [7, 11) is -3.92. The van der Waals surface area contributed by atoms with E-state index in [4.69, 9.17) is 0 Å². The Kier molecular flexibility index (Phi) is 4.84. The Morgan fingerprint density at radius 2 is 1.77 bits per heavy atom. The summed E-state index contributed by atoms with van der Waals surface area (Å²) in [4.78, 5) is 5.74. The summed E-state index contributed by atoms with van der Waals surface area (Å²) in [6, 6.07) is 5.38. The van der Waals surface area contributed by atoms with E-state index in [1.54, 1.807) is 6.92 Å². The average Bonchev–Trinajstić information content (AvgIpc) is 3.13. The number of anilines is 1. The summed E-state index contributed by atoms with van der Waals surface area (Å²) < 4.78 is 65.3. The van der Waals surface area contributed by atoms with Gasteiger partial charge in [0.15, 0.2) is 0 Å². The van der Waals surface area contributed by atoms with E-state index in [-0.39, 0.29) is 10.6 Å². The summed E-state index contributed by atoms with van der Waals surface area (Å²) in [5.41, 5.74) is 0.0761. The first-order valence-electron chi connectivity index (χ1n) is 7.29. The van der Waals surface area contributed by atoms with Crippen molar-refractivity contribution in [2.24, 2.45) is 0 Å². The smallest absolute Gasteiger partial charge is 0.280 e. The van der Waals surface area contributed by atoms with Crippen LogP contribution in [0.3, 0.4) is 0 Å². The molecule has 26 heavy (non-hydrogen) atoms. The van der Waals surface area contributed by atoms with Crippen molar-refractivity contribution in [3.63, 3.8) is 0 Å². The molecule has 0 bridgehead atoms. The van der Waals surface area contributed by atoms with Crippen molar-refractivity contribution in [1.82, 2.24) is 4.98 Å². The first kappa shape index (κ1) is 18.9. The second kappa shape index (κ2) is 6.67. The molecule has 0 radical (unpaired) electrons. The SMILES string of the molecule is Cc1csc(-c2cc(S(=O)(=O)Nc3ccc(C(F)(F)F)cc3)c(C)s2)n1. The van der Waals surface area contributed by atoms with Crippen LogP contribution in [0.25, 0.3) is 9.88 Å². The van der Waals surface area contributed by atoms with Gasteiger partial charge in [0, 0.05) is 21.6 Å². The van der Waals surface area contributed by atoms with Crippen LogP contribution in [0.5, 0.6) is 0 Å². The summed E-state index contributed by atoms with van der Waals surface area (Å²) in [6.07, 6.45) is -4.47. The average molecular weight is 418 g/mol. The lowest BCUT2D eigenvalue weighted by molar-refractivity contribution is -0.137. The number of alkyl halides is 3. The van der Waals surface area contributed by atoms with Gasteiger partial charge in [0.1, 0.15) is 9.90 Å². The topological polar surface area (TPSA) is 59.1 Å². The Hall–Kier alpha value is -1.91. The van der Waals surface area contributed by atoms with Crippen LogP contribution < -0.4 is 4.72 Å². The molecule has 2 aromatic heterocycles. The fourth-order valence-electron chi connectivity index (χ4n) is 2.24. The zero-order chi connectivity index (χ0) is 19.1. The lowest BCUT2D eigenvalue weighted by Gasteiger charge is -2.10. The normalized spacial score (nSPS) is 12.3. The molecule has 0 aliphatic heterocycles. The number of thiazole rings is 1. The molecule has 10 heteroatoms. The third-order valence-electron chi connectivity index (χ3n) is 3.46. The van der Waals surface area contributed by atoms with E-state index >= 15 is 0 Å². The molecular formula is C16H13F3N2O2S3. The molecule has 3 aromatic rings. The second-order valence-corrected chi connectivity index (χ2v) is 9.27. The van der Waals surface area contributed by atoms with E-state index in [0.717, 1.165) is 39.8 Å². The molecule has 0 saturated heterocycles. The van der Waals surface area contributed by atoms with Gasteiger partial charge in [-0.2, -0.15) is 13.2 Å². The monoisotopic (exact) mass is 418 g/mol. The van der Waals surface area contributed by atoms with Gasteiger partial charge >= 0.3 is 6.18 Å². The summed E-state index contributed by atoms with van der Waals surface area (Å²) in [5.74, 6) is 0. The summed E-state index contributed by atoms with van der Waals surface area (Å²) in [6.45, 7) is 3.53. The van der Waals surface area contributed by atoms with E-state index in [9.17, 15) is 21.6 Å². The maximum atomic E-state index is 12.6. The number of aromatic nitrogens is 1. The first-order chi connectivity index (χ1) is 12.1. The molecule has 4 nitrogen and oxygen atoms in total. The molecule has 138 valence electrons. The predicted octanol–water partition coefficient (Wildman–Crippen LogP) is 5.31. The Morgan fingerprint density at radius 3 is 2.31 bits per heavy atom. The Bertz CT molecular complexity index is 1040. The zero-order valence-corrected chi connectivity index (χ0v) is 16.0. The summed E-state index contributed by atoms with van der Waals surface area (Å²) >= 11 is 2.72. The van der Waals surface area contributed by atoms with E-state index in [0.29, 0.717) is 4.88 Å². The first-order valence-corrected chi connectivity index (χ1v) is 10.5. The molecule has 1 N–H and O–H groups in total. The highest BCUT2D eigenvalue weighted by molar-refractivity contribution is 7.93. The van der Waals surface area contributed by atoms with Gasteiger partial charge in [-0.25, -0.2) is 13.4 Å². The van der Waals surface area contributed by atoms with E-state index < -0.39 is 21.8 Å². The highest BCUT2D eigenvalue weighted by atomic mass is 32.2. The van der Waals surface area contributed by atoms with Crippen molar-refractivity contribution in [2.75, 3.05) is 4.72 Å². The molecule has 1 aromatic carbocycles. The van der Waals surface area contributed by atoms with Gasteiger partial charge in [0.25, 0.3) is 10.0 Å². The standard InChI is InChI=1S/C16H13F3N2O2S3/c1-9-8-24-15(20-9)13-7-14(10(2)25-13)26(22,23)21-12-5-3-11(4-6-12)16(17,18)19/h3-8,21H,1-2H3. The van der Waals surface area contributed by atoms with E-state index in [1.807, 2.05) is 12.3 Å². The molecule has 3 rings (SSSR count). The lowest BCUT2D eigenvalue weighted by Crippen LogP contribution is -2.13. The minimum atomic E-state index is -4.47. The number of sulfonamides is 1. The second-order valence-electron chi connectivity index (χ2n) is 5.51. The van der Waals surface area contributed by atoms with Crippen LogP contribution in [0.4, 0.5) is 18.9 Å². The highest BCUT2D eigenvalue weighted by Crippen LogP contribution is 2.36. The molecule has 0 aliphatic rings. The van der Waals surface area contributed by atoms with Gasteiger partial charge in [0.2, 0.25) is 0 Å². The van der Waals surface area contributed by atoms with Crippen LogP contribution >= 0.6 is 22.7 Å². The fourth-order valence-corrected chi connectivity index (χ4v) is 5.75. The highest BCUT2D eigenvalue weighted by Gasteiger charge is 2.30. The molecule has 0 spiro atoms. The largest absolute Gasteiger partial charge is 0.416 e. The maximum absolute atomic E-state index is 12.6. The Labute approximate surface area is 156 Å². The van der Waals surface area contributed by atoms with Gasteiger partial charge < -0.3 is 0 Å². The van der Waals surface area contributed by atoms with Crippen molar-refractivity contribution in [3.05, 3.63) is 51.8 Å². The minimum Gasteiger partial charge on any atom is -0.280 e. The van der Waals surface area contributed by atoms with Crippen LogP contribution in [0.15, 0.2) is 40.6 Å². The number of benzene rings is 1. The van der Waals surface area contributed by atoms with Crippen molar-refractivity contribution in [2.45, 2.75) is 24.9 Å². The van der Waals surface area contributed by atoms with E-state index in [2.05, 4.69) is 9.71 Å². The lowest BCUT2D eigenvalue weighted by atomic mass is 10.2. The van der Waals surface area contributed by atoms with Crippen molar-refractivity contribution in [1.29, 1.82) is 0 Å². The van der Waals surface area contributed by atoms with Gasteiger partial charge in [-0.3, -0.25) is 4.72 Å². The van der Waals surface area contributed by atoms with Gasteiger partial charge in [-0.15, -0.1) is 22.7 Å². The van der Waals surface area contributed by atoms with Crippen LogP contribution in [0.2, 0.25) is 0 Å². The maximum Gasteiger partial charge on any atom is 0.416 e. The molecule has 0 unspecified atom stereocenters. The number of nitrogens with one attached hydrogen (secondary N) is 1. The molecule has 0 atom stereocenters. The third-order valence-corrected chi connectivity index (χ3v) is 7.27.